The summed E-state index contributed by atoms with van der Waals surface area (Å²) in [5.74, 6) is -1.37. The van der Waals surface area contributed by atoms with Crippen LogP contribution in [0.2, 0.25) is 0 Å². The number of hydrogen-bond acceptors (Lipinski definition) is 3. The fourth-order valence-electron chi connectivity index (χ4n) is 4.29. The average Bonchev–Trinajstić information content (AvgIpc) is 2.76. The van der Waals surface area contributed by atoms with Crippen molar-refractivity contribution >= 4 is 23.3 Å². The monoisotopic (exact) mass is 435 g/mol. The number of carbonyl (C=O) groups excluding carboxylic acids is 2. The molecule has 0 saturated carbocycles. The number of carbonyl (C=O) groups is 2. The Hall–Kier alpha value is -3.94. The fourth-order valence-corrected chi connectivity index (χ4v) is 4.29. The molecule has 2 aliphatic rings. The first-order chi connectivity index (χ1) is 15.3. The van der Waals surface area contributed by atoms with Crippen LogP contribution in [0.3, 0.4) is 0 Å². The second kappa shape index (κ2) is 7.33. The van der Waals surface area contributed by atoms with E-state index in [1.165, 1.54) is 17.0 Å². The molecule has 3 amide bonds. The van der Waals surface area contributed by atoms with Gasteiger partial charge in [0.2, 0.25) is 0 Å². The minimum absolute atomic E-state index is 0.181. The molecule has 1 saturated heterocycles. The zero-order valence-electron chi connectivity index (χ0n) is 17.1. The molecule has 0 aliphatic carbocycles. The summed E-state index contributed by atoms with van der Waals surface area (Å²) in [7, 11) is 0. The molecular formula is C24H19F2N3O3. The van der Waals surface area contributed by atoms with Crippen LogP contribution in [0.25, 0.3) is 0 Å². The fraction of sp³-hybridized carbons (Fsp3) is 0.167. The van der Waals surface area contributed by atoms with Gasteiger partial charge in [-0.1, -0.05) is 24.3 Å². The highest BCUT2D eigenvalue weighted by atomic mass is 19.1. The highest BCUT2D eigenvalue weighted by molar-refractivity contribution is 6.05. The van der Waals surface area contributed by atoms with Gasteiger partial charge in [-0.2, -0.15) is 0 Å². The number of anilines is 2. The number of ether oxygens (including phenoxy) is 1. The third kappa shape index (κ3) is 3.33. The summed E-state index contributed by atoms with van der Waals surface area (Å²) in [4.78, 5) is 27.2. The van der Waals surface area contributed by atoms with Crippen molar-refractivity contribution < 1.29 is 23.1 Å². The lowest BCUT2D eigenvalue weighted by atomic mass is 9.90. The number of para-hydroxylation sites is 1. The Kier molecular flexibility index (Phi) is 4.58. The molecule has 0 spiro atoms. The van der Waals surface area contributed by atoms with E-state index in [0.717, 1.165) is 23.8 Å². The van der Waals surface area contributed by atoms with Crippen LogP contribution in [0.5, 0.6) is 5.75 Å². The van der Waals surface area contributed by atoms with Crippen LogP contribution in [0.4, 0.5) is 25.0 Å². The topological polar surface area (TPSA) is 70.7 Å². The zero-order valence-corrected chi connectivity index (χ0v) is 17.1. The maximum Gasteiger partial charge on any atom is 0.325 e. The van der Waals surface area contributed by atoms with Gasteiger partial charge in [0.25, 0.3) is 5.91 Å². The number of nitrogens with zero attached hydrogens (tertiary/aromatic N) is 1. The molecule has 8 heteroatoms. The van der Waals surface area contributed by atoms with E-state index in [4.69, 9.17) is 4.74 Å². The molecule has 2 heterocycles. The van der Waals surface area contributed by atoms with E-state index < -0.39 is 23.3 Å². The largest absolute Gasteiger partial charge is 0.467 e. The maximum absolute atomic E-state index is 13.9. The summed E-state index contributed by atoms with van der Waals surface area (Å²) in [5, 5.41) is 5.37. The van der Waals surface area contributed by atoms with Crippen molar-refractivity contribution in [3.63, 3.8) is 0 Å². The second-order valence-electron chi connectivity index (χ2n) is 7.99. The molecule has 6 nitrogen and oxygen atoms in total. The minimum atomic E-state index is -0.967. The Balaban J connectivity index is 1.46. The Bertz CT molecular complexity index is 1250. The summed E-state index contributed by atoms with van der Waals surface area (Å²) >= 11 is 0. The van der Waals surface area contributed by atoms with Crippen LogP contribution in [0.15, 0.2) is 66.7 Å². The van der Waals surface area contributed by atoms with Gasteiger partial charge in [-0.3, -0.25) is 9.69 Å². The van der Waals surface area contributed by atoms with Crippen LogP contribution in [0, 0.1) is 11.6 Å². The van der Waals surface area contributed by atoms with Crippen LogP contribution in [0.1, 0.15) is 35.3 Å². The maximum atomic E-state index is 13.9. The van der Waals surface area contributed by atoms with E-state index in [0.29, 0.717) is 17.9 Å². The van der Waals surface area contributed by atoms with Gasteiger partial charge >= 0.3 is 6.03 Å². The van der Waals surface area contributed by atoms with E-state index in [1.807, 2.05) is 31.2 Å². The molecule has 2 unspecified atom stereocenters. The standard InChI is InChI=1S/C24H19F2N3O3/c1-24-13-20(17-7-2-3-8-21(17)32-24)28-23(31)29(24)16-6-4-5-14(11-16)22(30)27-19-12-15(25)9-10-18(19)26/h2-12,20H,13H2,1H3,(H,27,30)(H,28,31). The molecule has 2 aliphatic heterocycles. The number of amides is 3. The Labute approximate surface area is 182 Å². The smallest absolute Gasteiger partial charge is 0.325 e. The molecule has 2 atom stereocenters. The number of hydrogen-bond donors (Lipinski definition) is 2. The van der Waals surface area contributed by atoms with E-state index >= 15 is 0 Å². The van der Waals surface area contributed by atoms with E-state index in [2.05, 4.69) is 10.6 Å². The van der Waals surface area contributed by atoms with Gasteiger partial charge in [0.05, 0.1) is 17.4 Å². The van der Waals surface area contributed by atoms with Gasteiger partial charge in [0.15, 0.2) is 5.72 Å². The Morgan fingerprint density at radius 3 is 2.78 bits per heavy atom. The Morgan fingerprint density at radius 1 is 1.12 bits per heavy atom. The Morgan fingerprint density at radius 2 is 1.94 bits per heavy atom. The number of benzene rings is 3. The lowest BCUT2D eigenvalue weighted by Crippen LogP contribution is -2.65. The zero-order chi connectivity index (χ0) is 22.5. The van der Waals surface area contributed by atoms with Crippen molar-refractivity contribution in [1.82, 2.24) is 5.32 Å². The molecule has 2 bridgehead atoms. The van der Waals surface area contributed by atoms with Gasteiger partial charge in [-0.05, 0) is 43.3 Å². The lowest BCUT2D eigenvalue weighted by Gasteiger charge is -2.50. The van der Waals surface area contributed by atoms with Crippen molar-refractivity contribution in [2.45, 2.75) is 25.1 Å². The van der Waals surface area contributed by atoms with E-state index in [9.17, 15) is 18.4 Å². The van der Waals surface area contributed by atoms with E-state index in [-0.39, 0.29) is 23.3 Å². The predicted octanol–water partition coefficient (Wildman–Crippen LogP) is 4.99. The summed E-state index contributed by atoms with van der Waals surface area (Å²) in [6, 6.07) is 16.2. The molecule has 162 valence electrons. The van der Waals surface area contributed by atoms with Crippen LogP contribution in [-0.2, 0) is 0 Å². The SMILES string of the molecule is CC12CC(NC(=O)N1c1cccc(C(=O)Nc3cc(F)ccc3F)c1)c1ccccc1O2. The van der Waals surface area contributed by atoms with Gasteiger partial charge in [-0.25, -0.2) is 13.6 Å². The van der Waals surface area contributed by atoms with Crippen LogP contribution in [-0.4, -0.2) is 17.7 Å². The highest BCUT2D eigenvalue weighted by Crippen LogP contribution is 2.45. The van der Waals surface area contributed by atoms with Gasteiger partial charge in [0.1, 0.15) is 17.4 Å². The minimum Gasteiger partial charge on any atom is -0.467 e. The normalized spacial score (nSPS) is 21.3. The van der Waals surface area contributed by atoms with Crippen molar-refractivity contribution in [3.05, 3.63) is 89.5 Å². The predicted molar refractivity (Wildman–Crippen MR) is 115 cm³/mol. The molecule has 2 N–H and O–H groups in total. The highest BCUT2D eigenvalue weighted by Gasteiger charge is 2.49. The number of urea groups is 1. The molecule has 5 rings (SSSR count). The summed E-state index contributed by atoms with van der Waals surface area (Å²) < 4.78 is 33.6. The molecule has 0 aromatic heterocycles. The molecule has 3 aromatic carbocycles. The first kappa shape index (κ1) is 20.0. The quantitative estimate of drug-likeness (QED) is 0.609. The number of halogens is 2. The van der Waals surface area contributed by atoms with Crippen molar-refractivity contribution in [2.24, 2.45) is 0 Å². The van der Waals surface area contributed by atoms with E-state index in [1.54, 1.807) is 12.1 Å². The van der Waals surface area contributed by atoms with Gasteiger partial charge in [0, 0.05) is 23.6 Å². The first-order valence-corrected chi connectivity index (χ1v) is 10.1. The number of rotatable bonds is 3. The summed E-state index contributed by atoms with van der Waals surface area (Å²) in [6.07, 6.45) is 0.515. The molecule has 3 aromatic rings. The number of fused-ring (bicyclic) bond motifs is 4. The molecule has 0 radical (unpaired) electrons. The van der Waals surface area contributed by atoms with Crippen LogP contribution < -0.4 is 20.3 Å². The van der Waals surface area contributed by atoms with Crippen molar-refractivity contribution in [2.75, 3.05) is 10.2 Å². The van der Waals surface area contributed by atoms with Gasteiger partial charge in [-0.15, -0.1) is 0 Å². The molecule has 1 fully saturated rings. The van der Waals surface area contributed by atoms with Crippen LogP contribution >= 0.6 is 0 Å². The number of nitrogens with one attached hydrogen (secondary N) is 2. The van der Waals surface area contributed by atoms with Gasteiger partial charge < -0.3 is 15.4 Å². The third-order valence-corrected chi connectivity index (χ3v) is 5.72. The van der Waals surface area contributed by atoms with Crippen molar-refractivity contribution in [1.29, 1.82) is 0 Å². The lowest BCUT2D eigenvalue weighted by molar-refractivity contribution is 0.0378. The molecule has 32 heavy (non-hydrogen) atoms. The summed E-state index contributed by atoms with van der Waals surface area (Å²) in [5.41, 5.74) is 0.308. The second-order valence-corrected chi connectivity index (χ2v) is 7.99. The third-order valence-electron chi connectivity index (χ3n) is 5.72. The first-order valence-electron chi connectivity index (χ1n) is 10.1. The van der Waals surface area contributed by atoms with Crippen molar-refractivity contribution in [3.8, 4) is 5.75 Å². The summed E-state index contributed by atoms with van der Waals surface area (Å²) in [6.45, 7) is 1.82. The average molecular weight is 435 g/mol. The molecular weight excluding hydrogens is 416 g/mol.